The first-order chi connectivity index (χ1) is 10.2. The molecule has 1 aliphatic rings. The molecule has 2 heteroatoms. The van der Waals surface area contributed by atoms with Gasteiger partial charge in [0.05, 0.1) is 6.61 Å². The summed E-state index contributed by atoms with van der Waals surface area (Å²) < 4.78 is 5.98. The zero-order valence-electron chi connectivity index (χ0n) is 15.0. The number of benzene rings is 1. The predicted octanol–water partition coefficient (Wildman–Crippen LogP) is 5.13. The monoisotopic (exact) mass is 302 g/mol. The molecule has 0 amide bonds. The first-order valence-electron chi connectivity index (χ1n) is 8.50. The van der Waals surface area contributed by atoms with Crippen molar-refractivity contribution >= 4 is 6.29 Å². The second kappa shape index (κ2) is 6.06. The van der Waals surface area contributed by atoms with Crippen LogP contribution >= 0.6 is 0 Å². The molecular weight excluding hydrogens is 272 g/mol. The summed E-state index contributed by atoms with van der Waals surface area (Å²) in [7, 11) is 0. The molecule has 1 aromatic carbocycles. The van der Waals surface area contributed by atoms with Crippen molar-refractivity contribution in [1.29, 1.82) is 0 Å². The summed E-state index contributed by atoms with van der Waals surface area (Å²) in [6.07, 6.45) is 4.35. The highest BCUT2D eigenvalue weighted by Crippen LogP contribution is 2.48. The second-order valence-corrected chi connectivity index (χ2v) is 7.98. The van der Waals surface area contributed by atoms with Crippen molar-refractivity contribution < 1.29 is 9.53 Å². The Morgan fingerprint density at radius 1 is 1.14 bits per heavy atom. The first-order valence-corrected chi connectivity index (χ1v) is 8.50. The minimum Gasteiger partial charge on any atom is -0.493 e. The third kappa shape index (κ3) is 3.06. The standard InChI is InChI=1S/C20H30O2/c1-7-10-22-18-12-17-16(11-15(18)14(2)13-21)19(3,4)8-9-20(17,5)6/h11-14H,7-10H2,1-6H3. The summed E-state index contributed by atoms with van der Waals surface area (Å²) in [6.45, 7) is 14.0. The molecule has 1 aliphatic carbocycles. The van der Waals surface area contributed by atoms with Crippen molar-refractivity contribution in [3.05, 3.63) is 28.8 Å². The fourth-order valence-corrected chi connectivity index (χ4v) is 3.38. The van der Waals surface area contributed by atoms with Crippen molar-refractivity contribution in [3.63, 3.8) is 0 Å². The van der Waals surface area contributed by atoms with Crippen LogP contribution in [0.15, 0.2) is 12.1 Å². The Morgan fingerprint density at radius 2 is 1.68 bits per heavy atom. The molecule has 122 valence electrons. The van der Waals surface area contributed by atoms with Gasteiger partial charge in [-0.05, 0) is 47.3 Å². The summed E-state index contributed by atoms with van der Waals surface area (Å²) in [5.41, 5.74) is 4.13. The van der Waals surface area contributed by atoms with E-state index in [4.69, 9.17) is 4.74 Å². The van der Waals surface area contributed by atoms with Gasteiger partial charge >= 0.3 is 0 Å². The van der Waals surface area contributed by atoms with E-state index in [2.05, 4.69) is 46.8 Å². The molecule has 0 aromatic heterocycles. The van der Waals surface area contributed by atoms with Crippen LogP contribution in [0, 0.1) is 0 Å². The average Bonchev–Trinajstić information content (AvgIpc) is 2.48. The van der Waals surface area contributed by atoms with Crippen LogP contribution in [-0.2, 0) is 15.6 Å². The van der Waals surface area contributed by atoms with Crippen LogP contribution in [0.25, 0.3) is 0 Å². The third-order valence-corrected chi connectivity index (χ3v) is 5.14. The Bertz CT molecular complexity index is 555. The third-order valence-electron chi connectivity index (χ3n) is 5.14. The van der Waals surface area contributed by atoms with E-state index in [0.717, 1.165) is 24.0 Å². The molecule has 1 aromatic rings. The molecule has 0 saturated heterocycles. The lowest BCUT2D eigenvalue weighted by atomic mass is 9.62. The highest BCUT2D eigenvalue weighted by molar-refractivity contribution is 5.65. The number of hydrogen-bond donors (Lipinski definition) is 0. The van der Waals surface area contributed by atoms with Gasteiger partial charge in [0.2, 0.25) is 0 Å². The van der Waals surface area contributed by atoms with Gasteiger partial charge in [-0.2, -0.15) is 0 Å². The number of carbonyl (C=O) groups excluding carboxylic acids is 1. The normalized spacial score (nSPS) is 20.1. The Kier molecular flexibility index (Phi) is 4.70. The van der Waals surface area contributed by atoms with Crippen molar-refractivity contribution in [1.82, 2.24) is 0 Å². The molecule has 0 saturated carbocycles. The lowest BCUT2D eigenvalue weighted by Crippen LogP contribution is -2.34. The average molecular weight is 302 g/mol. The van der Waals surface area contributed by atoms with E-state index >= 15 is 0 Å². The number of fused-ring (bicyclic) bond motifs is 1. The van der Waals surface area contributed by atoms with Gasteiger partial charge in [0.15, 0.2) is 0 Å². The Morgan fingerprint density at radius 3 is 2.18 bits per heavy atom. The number of carbonyl (C=O) groups is 1. The molecule has 0 heterocycles. The van der Waals surface area contributed by atoms with Gasteiger partial charge in [-0.1, -0.05) is 47.6 Å². The molecule has 1 unspecified atom stereocenters. The van der Waals surface area contributed by atoms with E-state index in [1.54, 1.807) is 0 Å². The van der Waals surface area contributed by atoms with Crippen LogP contribution in [0.3, 0.4) is 0 Å². The number of aldehydes is 1. The van der Waals surface area contributed by atoms with Crippen LogP contribution in [-0.4, -0.2) is 12.9 Å². The smallest absolute Gasteiger partial charge is 0.127 e. The maximum absolute atomic E-state index is 11.3. The number of ether oxygens (including phenoxy) is 1. The van der Waals surface area contributed by atoms with Gasteiger partial charge in [0.1, 0.15) is 12.0 Å². The first kappa shape index (κ1) is 17.1. The fraction of sp³-hybridized carbons (Fsp3) is 0.650. The van der Waals surface area contributed by atoms with Crippen LogP contribution in [0.5, 0.6) is 5.75 Å². The molecule has 2 nitrogen and oxygen atoms in total. The van der Waals surface area contributed by atoms with Crippen LogP contribution < -0.4 is 4.74 Å². The Labute approximate surface area is 135 Å². The van der Waals surface area contributed by atoms with Crippen LogP contribution in [0.1, 0.15) is 83.4 Å². The maximum Gasteiger partial charge on any atom is 0.127 e. The van der Waals surface area contributed by atoms with E-state index in [1.165, 1.54) is 24.0 Å². The molecule has 1 atom stereocenters. The van der Waals surface area contributed by atoms with Crippen LogP contribution in [0.2, 0.25) is 0 Å². The molecule has 0 radical (unpaired) electrons. The van der Waals surface area contributed by atoms with Gasteiger partial charge in [-0.25, -0.2) is 0 Å². The number of rotatable bonds is 5. The SMILES string of the molecule is CCCOc1cc2c(cc1C(C)C=O)C(C)(C)CCC2(C)C. The van der Waals surface area contributed by atoms with E-state index < -0.39 is 0 Å². The van der Waals surface area contributed by atoms with Gasteiger partial charge in [-0.3, -0.25) is 0 Å². The lowest BCUT2D eigenvalue weighted by Gasteiger charge is -2.42. The van der Waals surface area contributed by atoms with E-state index in [1.807, 2.05) is 6.92 Å². The van der Waals surface area contributed by atoms with Gasteiger partial charge in [0.25, 0.3) is 0 Å². The zero-order valence-corrected chi connectivity index (χ0v) is 15.0. The van der Waals surface area contributed by atoms with E-state index in [9.17, 15) is 4.79 Å². The van der Waals surface area contributed by atoms with Crippen molar-refractivity contribution in [2.45, 2.75) is 77.6 Å². The summed E-state index contributed by atoms with van der Waals surface area (Å²) in [6, 6.07) is 4.45. The van der Waals surface area contributed by atoms with Crippen molar-refractivity contribution in [2.24, 2.45) is 0 Å². The summed E-state index contributed by atoms with van der Waals surface area (Å²) in [5.74, 6) is 0.768. The van der Waals surface area contributed by atoms with Crippen LogP contribution in [0.4, 0.5) is 0 Å². The molecular formula is C20H30O2. The van der Waals surface area contributed by atoms with Crippen molar-refractivity contribution in [3.8, 4) is 5.75 Å². The van der Waals surface area contributed by atoms with Gasteiger partial charge in [0, 0.05) is 11.5 Å². The lowest BCUT2D eigenvalue weighted by molar-refractivity contribution is -0.108. The summed E-state index contributed by atoms with van der Waals surface area (Å²) in [5, 5.41) is 0. The molecule has 2 rings (SSSR count). The second-order valence-electron chi connectivity index (χ2n) is 7.98. The quantitative estimate of drug-likeness (QED) is 0.705. The topological polar surface area (TPSA) is 26.3 Å². The van der Waals surface area contributed by atoms with E-state index in [0.29, 0.717) is 6.61 Å². The Balaban J connectivity index is 2.63. The van der Waals surface area contributed by atoms with Crippen molar-refractivity contribution in [2.75, 3.05) is 6.61 Å². The minimum atomic E-state index is -0.127. The molecule has 0 fully saturated rings. The summed E-state index contributed by atoms with van der Waals surface area (Å²) >= 11 is 0. The maximum atomic E-state index is 11.3. The zero-order chi connectivity index (χ0) is 16.5. The predicted molar refractivity (Wildman–Crippen MR) is 92.0 cm³/mol. The Hall–Kier alpha value is -1.31. The largest absolute Gasteiger partial charge is 0.493 e. The van der Waals surface area contributed by atoms with Gasteiger partial charge < -0.3 is 9.53 Å². The molecule has 0 N–H and O–H groups in total. The highest BCUT2D eigenvalue weighted by Gasteiger charge is 2.38. The van der Waals surface area contributed by atoms with Gasteiger partial charge in [-0.15, -0.1) is 0 Å². The molecule has 0 aliphatic heterocycles. The summed E-state index contributed by atoms with van der Waals surface area (Å²) in [4.78, 5) is 11.3. The number of hydrogen-bond acceptors (Lipinski definition) is 2. The molecule has 0 bridgehead atoms. The minimum absolute atomic E-state index is 0.127. The molecule has 22 heavy (non-hydrogen) atoms. The molecule has 0 spiro atoms. The highest BCUT2D eigenvalue weighted by atomic mass is 16.5. The fourth-order valence-electron chi connectivity index (χ4n) is 3.38. The van der Waals surface area contributed by atoms with E-state index in [-0.39, 0.29) is 16.7 Å².